The van der Waals surface area contributed by atoms with Gasteiger partial charge in [0.05, 0.1) is 21.2 Å². The summed E-state index contributed by atoms with van der Waals surface area (Å²) in [5.41, 5.74) is 1.50. The fourth-order valence-electron chi connectivity index (χ4n) is 2.42. The number of rotatable bonds is 6. The highest BCUT2D eigenvalue weighted by molar-refractivity contribution is 9.10. The van der Waals surface area contributed by atoms with E-state index in [9.17, 15) is 13.2 Å². The Morgan fingerprint density at radius 3 is 2.65 bits per heavy atom. The average molecular weight is 458 g/mol. The summed E-state index contributed by atoms with van der Waals surface area (Å²) >= 11 is 9.43. The maximum Gasteiger partial charge on any atom is 0.261 e. The lowest BCUT2D eigenvalue weighted by Gasteiger charge is -2.12. The van der Waals surface area contributed by atoms with Gasteiger partial charge in [-0.25, -0.2) is 8.42 Å². The first-order valence-electron chi connectivity index (χ1n) is 8.13. The van der Waals surface area contributed by atoms with Crippen molar-refractivity contribution < 1.29 is 13.2 Å². The van der Waals surface area contributed by atoms with Crippen molar-refractivity contribution in [1.82, 2.24) is 5.32 Å². The maximum absolute atomic E-state index is 12.7. The Kier molecular flexibility index (Phi) is 5.60. The highest BCUT2D eigenvalue weighted by Gasteiger charge is 2.24. The largest absolute Gasteiger partial charge is 0.352 e. The Balaban J connectivity index is 1.86. The van der Waals surface area contributed by atoms with Crippen LogP contribution in [0.4, 0.5) is 5.69 Å². The molecule has 0 radical (unpaired) electrons. The van der Waals surface area contributed by atoms with Gasteiger partial charge in [0, 0.05) is 11.0 Å². The highest BCUT2D eigenvalue weighted by Crippen LogP contribution is 2.29. The number of hydrogen-bond acceptors (Lipinski definition) is 3. The number of benzene rings is 2. The van der Waals surface area contributed by atoms with Crippen LogP contribution in [0.5, 0.6) is 0 Å². The number of aryl methyl sites for hydroxylation is 1. The molecule has 8 heteroatoms. The zero-order chi connectivity index (χ0) is 18.9. The molecule has 1 amide bonds. The second-order valence-corrected chi connectivity index (χ2v) is 9.33. The topological polar surface area (TPSA) is 75.3 Å². The SMILES string of the molecule is Cc1ccc(Br)c(NS(=O)(=O)c2ccc(Cl)c(C(=O)NCC3CC3)c2)c1. The third-order valence-corrected chi connectivity index (χ3v) is 6.49. The summed E-state index contributed by atoms with van der Waals surface area (Å²) in [5.74, 6) is 0.153. The molecule has 0 heterocycles. The van der Waals surface area contributed by atoms with Gasteiger partial charge in [0.1, 0.15) is 0 Å². The fourth-order valence-corrected chi connectivity index (χ4v) is 4.20. The van der Waals surface area contributed by atoms with Crippen LogP contribution in [0.1, 0.15) is 28.8 Å². The molecule has 1 aliphatic carbocycles. The van der Waals surface area contributed by atoms with Gasteiger partial charge in [-0.15, -0.1) is 0 Å². The molecule has 138 valence electrons. The van der Waals surface area contributed by atoms with E-state index in [0.717, 1.165) is 18.4 Å². The lowest BCUT2D eigenvalue weighted by Crippen LogP contribution is -2.26. The van der Waals surface area contributed by atoms with Crippen LogP contribution >= 0.6 is 27.5 Å². The van der Waals surface area contributed by atoms with Crippen molar-refractivity contribution in [3.63, 3.8) is 0 Å². The van der Waals surface area contributed by atoms with Gasteiger partial charge >= 0.3 is 0 Å². The fraction of sp³-hybridized carbons (Fsp3) is 0.278. The lowest BCUT2D eigenvalue weighted by molar-refractivity contribution is 0.0951. The number of anilines is 1. The molecule has 0 unspecified atom stereocenters. The first-order valence-corrected chi connectivity index (χ1v) is 10.8. The van der Waals surface area contributed by atoms with Gasteiger partial charge in [0.25, 0.3) is 15.9 Å². The molecule has 2 aromatic carbocycles. The standard InChI is InChI=1S/C18H18BrClN2O3S/c1-11-2-6-15(19)17(8-11)22-26(24,25)13-5-7-16(20)14(9-13)18(23)21-10-12-3-4-12/h2,5-9,12,22H,3-4,10H2,1H3,(H,21,23). The van der Waals surface area contributed by atoms with Crippen LogP contribution in [-0.2, 0) is 10.0 Å². The molecule has 2 aromatic rings. The second-order valence-electron chi connectivity index (χ2n) is 6.38. The average Bonchev–Trinajstić information content (AvgIpc) is 3.40. The van der Waals surface area contributed by atoms with Crippen LogP contribution in [-0.4, -0.2) is 20.9 Å². The monoisotopic (exact) mass is 456 g/mol. The van der Waals surface area contributed by atoms with Gasteiger partial charge in [-0.2, -0.15) is 0 Å². The Morgan fingerprint density at radius 2 is 1.96 bits per heavy atom. The molecule has 1 aliphatic rings. The van der Waals surface area contributed by atoms with Crippen molar-refractivity contribution in [1.29, 1.82) is 0 Å². The Labute approximate surface area is 166 Å². The molecular formula is C18H18BrClN2O3S. The third-order valence-electron chi connectivity index (χ3n) is 4.11. The molecule has 1 saturated carbocycles. The maximum atomic E-state index is 12.7. The summed E-state index contributed by atoms with van der Waals surface area (Å²) in [7, 11) is -3.86. The Hall–Kier alpha value is -1.57. The van der Waals surface area contributed by atoms with E-state index in [2.05, 4.69) is 26.0 Å². The summed E-state index contributed by atoms with van der Waals surface area (Å²) < 4.78 is 28.6. The van der Waals surface area contributed by atoms with E-state index in [1.807, 2.05) is 13.0 Å². The smallest absolute Gasteiger partial charge is 0.261 e. The summed E-state index contributed by atoms with van der Waals surface area (Å²) in [4.78, 5) is 12.3. The molecule has 1 fully saturated rings. The predicted octanol–water partition coefficient (Wildman–Crippen LogP) is 4.35. The number of carbonyl (C=O) groups excluding carboxylic acids is 1. The van der Waals surface area contributed by atoms with Gasteiger partial charge < -0.3 is 5.32 Å². The van der Waals surface area contributed by atoms with E-state index in [0.29, 0.717) is 22.6 Å². The quantitative estimate of drug-likeness (QED) is 0.677. The molecule has 3 rings (SSSR count). The van der Waals surface area contributed by atoms with E-state index in [4.69, 9.17) is 11.6 Å². The van der Waals surface area contributed by atoms with Crippen LogP contribution in [0.3, 0.4) is 0 Å². The number of nitrogens with one attached hydrogen (secondary N) is 2. The van der Waals surface area contributed by atoms with Crippen molar-refractivity contribution >= 4 is 49.1 Å². The summed E-state index contributed by atoms with van der Waals surface area (Å²) in [5, 5.41) is 3.02. The number of sulfonamides is 1. The number of carbonyl (C=O) groups is 1. The first-order chi connectivity index (χ1) is 12.3. The Bertz CT molecular complexity index is 959. The molecule has 0 bridgehead atoms. The van der Waals surface area contributed by atoms with Gasteiger partial charge in [0.15, 0.2) is 0 Å². The molecule has 0 aliphatic heterocycles. The van der Waals surface area contributed by atoms with Crippen molar-refractivity contribution in [2.75, 3.05) is 11.3 Å². The lowest BCUT2D eigenvalue weighted by atomic mass is 10.2. The van der Waals surface area contributed by atoms with Crippen molar-refractivity contribution in [3.8, 4) is 0 Å². The number of amides is 1. The minimum absolute atomic E-state index is 0.0214. The van der Waals surface area contributed by atoms with Crippen LogP contribution in [0.2, 0.25) is 5.02 Å². The van der Waals surface area contributed by atoms with Gasteiger partial charge in [-0.1, -0.05) is 17.7 Å². The highest BCUT2D eigenvalue weighted by atomic mass is 79.9. The van der Waals surface area contributed by atoms with Crippen LogP contribution in [0, 0.1) is 12.8 Å². The normalized spacial score (nSPS) is 14.1. The van der Waals surface area contributed by atoms with Gasteiger partial charge in [0.2, 0.25) is 0 Å². The zero-order valence-corrected chi connectivity index (χ0v) is 17.2. The number of halogens is 2. The molecule has 26 heavy (non-hydrogen) atoms. The molecule has 0 atom stereocenters. The van der Waals surface area contributed by atoms with E-state index >= 15 is 0 Å². The molecule has 5 nitrogen and oxygen atoms in total. The van der Waals surface area contributed by atoms with E-state index in [1.165, 1.54) is 18.2 Å². The van der Waals surface area contributed by atoms with Gasteiger partial charge in [-0.05, 0) is 77.5 Å². The molecule has 0 spiro atoms. The minimum atomic E-state index is -3.86. The second kappa shape index (κ2) is 7.58. The molecule has 0 aromatic heterocycles. The minimum Gasteiger partial charge on any atom is -0.352 e. The summed E-state index contributed by atoms with van der Waals surface area (Å²) in [6.45, 7) is 2.45. The van der Waals surface area contributed by atoms with E-state index in [-0.39, 0.29) is 21.4 Å². The van der Waals surface area contributed by atoms with Crippen LogP contribution in [0.15, 0.2) is 45.8 Å². The summed E-state index contributed by atoms with van der Waals surface area (Å²) in [6.07, 6.45) is 2.22. The third kappa shape index (κ3) is 4.58. The Morgan fingerprint density at radius 1 is 1.23 bits per heavy atom. The zero-order valence-electron chi connectivity index (χ0n) is 14.1. The van der Waals surface area contributed by atoms with Crippen molar-refractivity contribution in [3.05, 3.63) is 57.0 Å². The van der Waals surface area contributed by atoms with E-state index < -0.39 is 10.0 Å². The molecule has 0 saturated heterocycles. The number of hydrogen-bond donors (Lipinski definition) is 2. The molecular weight excluding hydrogens is 440 g/mol. The van der Waals surface area contributed by atoms with Crippen LogP contribution in [0.25, 0.3) is 0 Å². The van der Waals surface area contributed by atoms with Crippen molar-refractivity contribution in [2.45, 2.75) is 24.7 Å². The van der Waals surface area contributed by atoms with Crippen LogP contribution < -0.4 is 10.0 Å². The first kappa shape index (κ1) is 19.2. The predicted molar refractivity (Wildman–Crippen MR) is 106 cm³/mol. The molecule has 2 N–H and O–H groups in total. The summed E-state index contributed by atoms with van der Waals surface area (Å²) in [6, 6.07) is 9.47. The van der Waals surface area contributed by atoms with Crippen molar-refractivity contribution in [2.24, 2.45) is 5.92 Å². The van der Waals surface area contributed by atoms with Gasteiger partial charge in [-0.3, -0.25) is 9.52 Å². The van der Waals surface area contributed by atoms with E-state index in [1.54, 1.807) is 12.1 Å².